The Bertz CT molecular complexity index is 66.3. The summed E-state index contributed by atoms with van der Waals surface area (Å²) < 4.78 is 0. The summed E-state index contributed by atoms with van der Waals surface area (Å²) in [7, 11) is 0. The summed E-state index contributed by atoms with van der Waals surface area (Å²) in [4.78, 5) is 0. The lowest BCUT2D eigenvalue weighted by Crippen LogP contribution is -2.26. The van der Waals surface area contributed by atoms with Gasteiger partial charge in [0.2, 0.25) is 0 Å². The van der Waals surface area contributed by atoms with E-state index in [9.17, 15) is 0 Å². The van der Waals surface area contributed by atoms with Crippen LogP contribution in [0.15, 0.2) is 0 Å². The molecule has 0 heterocycles. The molecule has 2 heteroatoms. The Kier molecular flexibility index (Phi) is 6.98. The van der Waals surface area contributed by atoms with Crippen LogP contribution in [0.2, 0.25) is 0 Å². The Morgan fingerprint density at radius 1 is 1.60 bits per heavy atom. The molecule has 0 saturated carbocycles. The van der Waals surface area contributed by atoms with Crippen LogP contribution in [0.1, 0.15) is 26.2 Å². The fourth-order valence-corrected chi connectivity index (χ4v) is 0.673. The van der Waals surface area contributed by atoms with Crippen molar-refractivity contribution in [3.63, 3.8) is 0 Å². The van der Waals surface area contributed by atoms with Gasteiger partial charge in [-0.25, -0.2) is 0 Å². The topological polar surface area (TPSA) is 32.3 Å². The van der Waals surface area contributed by atoms with Crippen LogP contribution in [0.4, 0.5) is 0 Å². The molecule has 0 amide bonds. The molecule has 0 bridgehead atoms. The first-order valence-corrected chi connectivity index (χ1v) is 3.99. The first kappa shape index (κ1) is 9.92. The second-order valence-corrected chi connectivity index (χ2v) is 2.50. The maximum absolute atomic E-state index is 9.03. The highest BCUT2D eigenvalue weighted by Crippen LogP contribution is 1.87. The van der Waals surface area contributed by atoms with Gasteiger partial charge in [-0.15, -0.1) is 0 Å². The van der Waals surface area contributed by atoms with Crippen molar-refractivity contribution in [1.29, 1.82) is 0 Å². The van der Waals surface area contributed by atoms with Crippen molar-refractivity contribution in [2.45, 2.75) is 32.3 Å². The fourth-order valence-electron chi connectivity index (χ4n) is 0.673. The number of nitrogens with one attached hydrogen (secondary N) is 1. The first-order chi connectivity index (χ1) is 4.81. The Labute approximate surface area is 63.6 Å². The van der Waals surface area contributed by atoms with Gasteiger partial charge in [0.1, 0.15) is 0 Å². The lowest BCUT2D eigenvalue weighted by Gasteiger charge is -2.07. The molecule has 1 radical (unpaired) electrons. The van der Waals surface area contributed by atoms with Gasteiger partial charge < -0.3 is 10.4 Å². The third-order valence-electron chi connectivity index (χ3n) is 1.42. The average Bonchev–Trinajstić information content (AvgIpc) is 1.98. The lowest BCUT2D eigenvalue weighted by atomic mass is 10.2. The quantitative estimate of drug-likeness (QED) is 0.544. The Morgan fingerprint density at radius 2 is 2.30 bits per heavy atom. The normalized spacial score (nSPS) is 13.5. The van der Waals surface area contributed by atoms with Gasteiger partial charge in [0.05, 0.1) is 6.10 Å². The third kappa shape index (κ3) is 6.05. The maximum Gasteiger partial charge on any atom is 0.0664 e. The smallest absolute Gasteiger partial charge is 0.0664 e. The van der Waals surface area contributed by atoms with E-state index >= 15 is 0 Å². The summed E-state index contributed by atoms with van der Waals surface area (Å²) in [6.07, 6.45) is 2.72. The summed E-state index contributed by atoms with van der Waals surface area (Å²) in [6.45, 7) is 7.44. The van der Waals surface area contributed by atoms with Crippen LogP contribution < -0.4 is 5.32 Å². The van der Waals surface area contributed by atoms with Crippen molar-refractivity contribution in [3.05, 3.63) is 6.92 Å². The van der Waals surface area contributed by atoms with Crippen molar-refractivity contribution in [2.24, 2.45) is 0 Å². The minimum absolute atomic E-state index is 0.267. The van der Waals surface area contributed by atoms with Crippen LogP contribution in [0.5, 0.6) is 0 Å². The third-order valence-corrected chi connectivity index (χ3v) is 1.42. The van der Waals surface area contributed by atoms with Gasteiger partial charge in [-0.2, -0.15) is 0 Å². The summed E-state index contributed by atoms with van der Waals surface area (Å²) in [5, 5.41) is 12.2. The molecule has 0 saturated heterocycles. The van der Waals surface area contributed by atoms with Crippen LogP contribution in [-0.4, -0.2) is 24.3 Å². The minimum Gasteiger partial charge on any atom is -0.392 e. The molecule has 0 rings (SSSR count). The molecular formula is C8H18NO. The zero-order chi connectivity index (χ0) is 7.82. The van der Waals surface area contributed by atoms with Crippen LogP contribution in [0, 0.1) is 6.92 Å². The monoisotopic (exact) mass is 144 g/mol. The summed E-state index contributed by atoms with van der Waals surface area (Å²) >= 11 is 0. The Morgan fingerprint density at radius 3 is 2.80 bits per heavy atom. The summed E-state index contributed by atoms with van der Waals surface area (Å²) in [5.74, 6) is 0. The molecule has 1 atom stereocenters. The van der Waals surface area contributed by atoms with E-state index in [-0.39, 0.29) is 6.10 Å². The molecule has 0 aromatic heterocycles. The number of hydrogen-bond donors (Lipinski definition) is 2. The standard InChI is InChI=1S/C8H18NO/c1-3-5-6-9-7-8(10)4-2/h8-10H,2-7H2,1H3. The predicted molar refractivity (Wildman–Crippen MR) is 43.8 cm³/mol. The molecule has 0 spiro atoms. The van der Waals surface area contributed by atoms with E-state index in [1.165, 1.54) is 12.8 Å². The van der Waals surface area contributed by atoms with E-state index in [1.54, 1.807) is 0 Å². The molecule has 2 nitrogen and oxygen atoms in total. The van der Waals surface area contributed by atoms with E-state index < -0.39 is 0 Å². The van der Waals surface area contributed by atoms with E-state index in [0.29, 0.717) is 13.0 Å². The van der Waals surface area contributed by atoms with Crippen molar-refractivity contribution in [3.8, 4) is 0 Å². The van der Waals surface area contributed by atoms with E-state index in [1.807, 2.05) is 0 Å². The highest BCUT2D eigenvalue weighted by molar-refractivity contribution is 4.59. The van der Waals surface area contributed by atoms with Crippen molar-refractivity contribution in [2.75, 3.05) is 13.1 Å². The van der Waals surface area contributed by atoms with E-state index in [2.05, 4.69) is 19.2 Å². The van der Waals surface area contributed by atoms with Gasteiger partial charge >= 0.3 is 0 Å². The molecule has 0 aliphatic carbocycles. The SMILES string of the molecule is [CH2]CC(O)CNCCCC. The molecule has 10 heavy (non-hydrogen) atoms. The van der Waals surface area contributed by atoms with E-state index in [4.69, 9.17) is 5.11 Å². The highest BCUT2D eigenvalue weighted by atomic mass is 16.3. The van der Waals surface area contributed by atoms with Crippen LogP contribution in [0.3, 0.4) is 0 Å². The molecule has 61 valence electrons. The van der Waals surface area contributed by atoms with Crippen LogP contribution in [0.25, 0.3) is 0 Å². The fraction of sp³-hybridized carbons (Fsp3) is 0.875. The van der Waals surface area contributed by atoms with Gasteiger partial charge in [0.15, 0.2) is 0 Å². The molecule has 1 unspecified atom stereocenters. The zero-order valence-electron chi connectivity index (χ0n) is 6.77. The molecule has 0 aliphatic rings. The number of rotatable bonds is 6. The van der Waals surface area contributed by atoms with Crippen molar-refractivity contribution in [1.82, 2.24) is 5.32 Å². The summed E-state index contributed by atoms with van der Waals surface area (Å²) in [6, 6.07) is 0. The minimum atomic E-state index is -0.267. The van der Waals surface area contributed by atoms with Crippen molar-refractivity contribution < 1.29 is 5.11 Å². The predicted octanol–water partition coefficient (Wildman–Crippen LogP) is 0.961. The van der Waals surface area contributed by atoms with E-state index in [0.717, 1.165) is 6.54 Å². The largest absolute Gasteiger partial charge is 0.392 e. The molecular weight excluding hydrogens is 126 g/mol. The second-order valence-electron chi connectivity index (χ2n) is 2.50. The van der Waals surface area contributed by atoms with Gasteiger partial charge in [0, 0.05) is 6.54 Å². The molecule has 2 N–H and O–H groups in total. The first-order valence-electron chi connectivity index (χ1n) is 3.99. The molecule has 0 fully saturated rings. The number of hydrogen-bond acceptors (Lipinski definition) is 2. The molecule has 0 aromatic rings. The maximum atomic E-state index is 9.03. The number of aliphatic hydroxyl groups excluding tert-OH is 1. The lowest BCUT2D eigenvalue weighted by molar-refractivity contribution is 0.174. The van der Waals surface area contributed by atoms with Gasteiger partial charge in [0.25, 0.3) is 0 Å². The van der Waals surface area contributed by atoms with Crippen molar-refractivity contribution >= 4 is 0 Å². The Balaban J connectivity index is 2.89. The van der Waals surface area contributed by atoms with Crippen LogP contribution >= 0.6 is 0 Å². The Hall–Kier alpha value is -0.0800. The van der Waals surface area contributed by atoms with Crippen LogP contribution in [-0.2, 0) is 0 Å². The number of aliphatic hydroxyl groups is 1. The van der Waals surface area contributed by atoms with Gasteiger partial charge in [-0.1, -0.05) is 20.3 Å². The average molecular weight is 144 g/mol. The second kappa shape index (κ2) is 7.03. The number of unbranched alkanes of at least 4 members (excludes halogenated alkanes) is 1. The molecule has 0 aromatic carbocycles. The summed E-state index contributed by atoms with van der Waals surface area (Å²) in [5.41, 5.74) is 0. The zero-order valence-corrected chi connectivity index (χ0v) is 6.77. The highest BCUT2D eigenvalue weighted by Gasteiger charge is 1.97. The molecule has 0 aliphatic heterocycles. The van der Waals surface area contributed by atoms with Gasteiger partial charge in [-0.3, -0.25) is 0 Å². The van der Waals surface area contributed by atoms with Gasteiger partial charge in [-0.05, 0) is 19.4 Å².